The lowest BCUT2D eigenvalue weighted by molar-refractivity contribution is -0.122. The number of hydrogen-bond acceptors (Lipinski definition) is 4. The van der Waals surface area contributed by atoms with Gasteiger partial charge in [0.15, 0.2) is 6.10 Å². The van der Waals surface area contributed by atoms with E-state index < -0.39 is 12.1 Å². The van der Waals surface area contributed by atoms with Crippen LogP contribution < -0.4 is 10.1 Å². The summed E-state index contributed by atoms with van der Waals surface area (Å²) in [6, 6.07) is 10.2. The van der Waals surface area contributed by atoms with Crippen LogP contribution >= 0.6 is 11.6 Å². The normalized spacial score (nSPS) is 11.6. The summed E-state index contributed by atoms with van der Waals surface area (Å²) in [4.78, 5) is 24.0. The Morgan fingerprint density at radius 3 is 2.44 bits per heavy atom. The number of ether oxygens (including phenoxy) is 2. The zero-order valence-electron chi connectivity index (χ0n) is 14.6. The van der Waals surface area contributed by atoms with Crippen molar-refractivity contribution in [1.29, 1.82) is 0 Å². The maximum Gasteiger partial charge on any atom is 0.337 e. The van der Waals surface area contributed by atoms with Crippen molar-refractivity contribution in [3.63, 3.8) is 0 Å². The van der Waals surface area contributed by atoms with E-state index in [1.807, 2.05) is 13.8 Å². The molecule has 0 unspecified atom stereocenters. The fraction of sp³-hybridized carbons (Fsp3) is 0.263. The summed E-state index contributed by atoms with van der Waals surface area (Å²) >= 11 is 5.98. The van der Waals surface area contributed by atoms with E-state index in [9.17, 15) is 9.59 Å². The van der Waals surface area contributed by atoms with Crippen molar-refractivity contribution in [3.8, 4) is 5.75 Å². The van der Waals surface area contributed by atoms with Gasteiger partial charge >= 0.3 is 5.97 Å². The van der Waals surface area contributed by atoms with Crippen molar-refractivity contribution >= 4 is 29.2 Å². The van der Waals surface area contributed by atoms with Crippen molar-refractivity contribution in [3.05, 3.63) is 58.1 Å². The number of esters is 1. The molecule has 25 heavy (non-hydrogen) atoms. The van der Waals surface area contributed by atoms with Crippen molar-refractivity contribution < 1.29 is 19.1 Å². The Balaban J connectivity index is 2.10. The lowest BCUT2D eigenvalue weighted by atomic mass is 10.1. The van der Waals surface area contributed by atoms with Crippen LogP contribution in [0.25, 0.3) is 0 Å². The smallest absolute Gasteiger partial charge is 0.337 e. The Labute approximate surface area is 151 Å². The molecule has 0 aliphatic carbocycles. The van der Waals surface area contributed by atoms with Crippen molar-refractivity contribution in [2.24, 2.45) is 0 Å². The Morgan fingerprint density at radius 1 is 1.08 bits per heavy atom. The molecule has 1 N–H and O–H groups in total. The average molecular weight is 362 g/mol. The van der Waals surface area contributed by atoms with Crippen LogP contribution in [0.15, 0.2) is 36.4 Å². The van der Waals surface area contributed by atoms with Gasteiger partial charge in [0.05, 0.1) is 12.7 Å². The number of carbonyl (C=O) groups is 2. The molecule has 0 saturated carbocycles. The van der Waals surface area contributed by atoms with Crippen molar-refractivity contribution in [2.75, 3.05) is 12.4 Å². The molecule has 0 spiro atoms. The number of methoxy groups -OCH3 is 1. The predicted octanol–water partition coefficient (Wildman–Crippen LogP) is 4.15. The highest BCUT2D eigenvalue weighted by Gasteiger charge is 2.17. The van der Waals surface area contributed by atoms with E-state index >= 15 is 0 Å². The van der Waals surface area contributed by atoms with Crippen LogP contribution in [-0.2, 0) is 9.53 Å². The number of hydrogen-bond donors (Lipinski definition) is 1. The summed E-state index contributed by atoms with van der Waals surface area (Å²) in [6.07, 6.45) is -0.721. The molecule has 2 aromatic carbocycles. The van der Waals surface area contributed by atoms with Crippen LogP contribution in [0.5, 0.6) is 5.75 Å². The fourth-order valence-corrected chi connectivity index (χ4v) is 2.30. The molecule has 2 rings (SSSR count). The molecule has 1 amide bonds. The maximum atomic E-state index is 12.4. The number of amides is 1. The highest BCUT2D eigenvalue weighted by atomic mass is 35.5. The number of nitrogens with one attached hydrogen (secondary N) is 1. The van der Waals surface area contributed by atoms with Crippen LogP contribution in [0.1, 0.15) is 28.4 Å². The molecular weight excluding hydrogens is 342 g/mol. The number of benzene rings is 2. The third-order valence-electron chi connectivity index (χ3n) is 3.73. The van der Waals surface area contributed by atoms with Gasteiger partial charge < -0.3 is 14.8 Å². The number of halogens is 1. The lowest BCUT2D eigenvalue weighted by Gasteiger charge is -2.16. The highest BCUT2D eigenvalue weighted by Crippen LogP contribution is 2.23. The molecule has 0 aliphatic heterocycles. The molecule has 0 radical (unpaired) electrons. The van der Waals surface area contributed by atoms with Gasteiger partial charge in [-0.1, -0.05) is 17.7 Å². The number of rotatable bonds is 5. The van der Waals surface area contributed by atoms with Gasteiger partial charge in [-0.2, -0.15) is 0 Å². The minimum atomic E-state index is -0.721. The maximum absolute atomic E-state index is 12.4. The van der Waals surface area contributed by atoms with E-state index in [0.29, 0.717) is 22.0 Å². The summed E-state index contributed by atoms with van der Waals surface area (Å²) in [7, 11) is 1.31. The van der Waals surface area contributed by atoms with E-state index in [-0.39, 0.29) is 5.91 Å². The van der Waals surface area contributed by atoms with Gasteiger partial charge in [0.25, 0.3) is 5.91 Å². The Morgan fingerprint density at radius 2 is 1.80 bits per heavy atom. The van der Waals surface area contributed by atoms with Crippen LogP contribution in [0.4, 0.5) is 5.69 Å². The summed E-state index contributed by atoms with van der Waals surface area (Å²) < 4.78 is 10.4. The Kier molecular flexibility index (Phi) is 6.04. The van der Waals surface area contributed by atoms with Gasteiger partial charge in [-0.25, -0.2) is 4.79 Å². The van der Waals surface area contributed by atoms with Crippen LogP contribution in [-0.4, -0.2) is 25.1 Å². The van der Waals surface area contributed by atoms with E-state index in [1.165, 1.54) is 7.11 Å². The average Bonchev–Trinajstić information content (AvgIpc) is 2.59. The standard InChI is InChI=1S/C19H20ClNO4/c1-11-5-6-14(19(23)24-4)10-17(11)21-18(22)13(3)25-15-7-8-16(20)12(2)9-15/h5-10,13H,1-4H3,(H,21,22)/t13-/m0/s1. The van der Waals surface area contributed by atoms with Crippen molar-refractivity contribution in [1.82, 2.24) is 0 Å². The quantitative estimate of drug-likeness (QED) is 0.812. The van der Waals surface area contributed by atoms with Crippen LogP contribution in [0.2, 0.25) is 5.02 Å². The first kappa shape index (κ1) is 18.8. The SMILES string of the molecule is COC(=O)c1ccc(C)c(NC(=O)[C@H](C)Oc2ccc(Cl)c(C)c2)c1. The van der Waals surface area contributed by atoms with Gasteiger partial charge in [-0.15, -0.1) is 0 Å². The first-order valence-corrected chi connectivity index (χ1v) is 8.12. The first-order chi connectivity index (χ1) is 11.8. The van der Waals surface area contributed by atoms with E-state index in [4.69, 9.17) is 21.1 Å². The Bertz CT molecular complexity index is 804. The number of anilines is 1. The molecule has 0 aromatic heterocycles. The molecule has 132 valence electrons. The van der Waals surface area contributed by atoms with Gasteiger partial charge in [-0.3, -0.25) is 4.79 Å². The first-order valence-electron chi connectivity index (χ1n) is 7.74. The molecule has 0 fully saturated rings. The second-order valence-electron chi connectivity index (χ2n) is 5.68. The van der Waals surface area contributed by atoms with Crippen molar-refractivity contribution in [2.45, 2.75) is 26.9 Å². The largest absolute Gasteiger partial charge is 0.481 e. The van der Waals surface area contributed by atoms with Gasteiger partial charge in [0, 0.05) is 10.7 Å². The van der Waals surface area contributed by atoms with Gasteiger partial charge in [-0.05, 0) is 62.2 Å². The molecular formula is C19H20ClNO4. The second-order valence-corrected chi connectivity index (χ2v) is 6.09. The lowest BCUT2D eigenvalue weighted by Crippen LogP contribution is -2.30. The zero-order valence-corrected chi connectivity index (χ0v) is 15.3. The van der Waals surface area contributed by atoms with Gasteiger partial charge in [0.1, 0.15) is 5.75 Å². The van der Waals surface area contributed by atoms with Crippen LogP contribution in [0.3, 0.4) is 0 Å². The van der Waals surface area contributed by atoms with Gasteiger partial charge in [0.2, 0.25) is 0 Å². The summed E-state index contributed by atoms with van der Waals surface area (Å²) in [6.45, 7) is 5.35. The van der Waals surface area contributed by atoms with Crippen LogP contribution in [0, 0.1) is 13.8 Å². The predicted molar refractivity (Wildman–Crippen MR) is 97.4 cm³/mol. The molecule has 0 aliphatic rings. The number of aryl methyl sites for hydroxylation is 2. The van der Waals surface area contributed by atoms with E-state index in [0.717, 1.165) is 11.1 Å². The minimum Gasteiger partial charge on any atom is -0.481 e. The highest BCUT2D eigenvalue weighted by molar-refractivity contribution is 6.31. The fourth-order valence-electron chi connectivity index (χ4n) is 2.18. The summed E-state index contributed by atoms with van der Waals surface area (Å²) in [5, 5.41) is 3.42. The molecule has 0 saturated heterocycles. The monoisotopic (exact) mass is 361 g/mol. The zero-order chi connectivity index (χ0) is 18.6. The summed E-state index contributed by atoms with van der Waals surface area (Å²) in [5.41, 5.74) is 2.60. The molecule has 0 bridgehead atoms. The Hall–Kier alpha value is -2.53. The number of carbonyl (C=O) groups excluding carboxylic acids is 2. The van der Waals surface area contributed by atoms with E-state index in [2.05, 4.69) is 5.32 Å². The third-order valence-corrected chi connectivity index (χ3v) is 4.15. The third kappa shape index (κ3) is 4.73. The van der Waals surface area contributed by atoms with E-state index in [1.54, 1.807) is 43.3 Å². The minimum absolute atomic E-state index is 0.322. The molecule has 1 atom stereocenters. The molecule has 5 nitrogen and oxygen atoms in total. The topological polar surface area (TPSA) is 64.6 Å². The molecule has 2 aromatic rings. The summed E-state index contributed by atoms with van der Waals surface area (Å²) in [5.74, 6) is -0.223. The molecule has 6 heteroatoms. The second kappa shape index (κ2) is 8.03. The molecule has 0 heterocycles.